The van der Waals surface area contributed by atoms with E-state index < -0.39 is 0 Å². The van der Waals surface area contributed by atoms with Crippen molar-refractivity contribution < 1.29 is 9.59 Å². The lowest BCUT2D eigenvalue weighted by molar-refractivity contribution is -0.143. The minimum Gasteiger partial charge on any atom is -0.347 e. The summed E-state index contributed by atoms with van der Waals surface area (Å²) in [5, 5.41) is 4.11. The van der Waals surface area contributed by atoms with E-state index in [-0.39, 0.29) is 29.8 Å². The van der Waals surface area contributed by atoms with E-state index in [2.05, 4.69) is 36.5 Å². The summed E-state index contributed by atoms with van der Waals surface area (Å²) in [6.45, 7) is 6.06. The van der Waals surface area contributed by atoms with Gasteiger partial charge in [-0.25, -0.2) is 4.98 Å². The van der Waals surface area contributed by atoms with Gasteiger partial charge in [0.05, 0.1) is 22.5 Å². The molecule has 0 bridgehead atoms. The Morgan fingerprint density at radius 3 is 2.59 bits per heavy atom. The number of carbonyl (C=O) groups is 2. The van der Waals surface area contributed by atoms with Crippen LogP contribution < -0.4 is 5.32 Å². The predicted octanol–water partition coefficient (Wildman–Crippen LogP) is 4.31. The molecule has 2 atom stereocenters. The molecule has 2 fully saturated rings. The third-order valence-electron chi connectivity index (χ3n) is 5.81. The Morgan fingerprint density at radius 2 is 1.93 bits per heavy atom. The van der Waals surface area contributed by atoms with Crippen molar-refractivity contribution in [3.05, 3.63) is 40.4 Å². The van der Waals surface area contributed by atoms with Gasteiger partial charge in [-0.15, -0.1) is 23.1 Å². The number of aromatic nitrogens is 1. The topological polar surface area (TPSA) is 62.3 Å². The molecule has 1 saturated heterocycles. The largest absolute Gasteiger partial charge is 0.347 e. The maximum absolute atomic E-state index is 13.0. The summed E-state index contributed by atoms with van der Waals surface area (Å²) >= 11 is 3.29. The molecule has 7 heteroatoms. The van der Waals surface area contributed by atoms with E-state index in [0.29, 0.717) is 11.6 Å². The fraction of sp³-hybridized carbons (Fsp3) is 0.500. The van der Waals surface area contributed by atoms with Gasteiger partial charge in [0.15, 0.2) is 0 Å². The smallest absolute Gasteiger partial charge is 0.244 e. The minimum absolute atomic E-state index is 0.0557. The molecule has 2 aliphatic rings. The van der Waals surface area contributed by atoms with E-state index >= 15 is 0 Å². The lowest BCUT2D eigenvalue weighted by Gasteiger charge is -2.32. The second-order valence-corrected chi connectivity index (χ2v) is 10.0. The molecule has 1 aromatic carbocycles. The van der Waals surface area contributed by atoms with Crippen molar-refractivity contribution in [3.8, 4) is 10.6 Å². The number of nitrogens with zero attached hydrogens (tertiary/aromatic N) is 2. The molecule has 1 aromatic heterocycles. The summed E-state index contributed by atoms with van der Waals surface area (Å²) in [5.74, 6) is 1.53. The quantitative estimate of drug-likeness (QED) is 0.769. The van der Waals surface area contributed by atoms with Gasteiger partial charge in [-0.3, -0.25) is 9.59 Å². The average molecular weight is 430 g/mol. The van der Waals surface area contributed by atoms with Gasteiger partial charge < -0.3 is 10.2 Å². The Morgan fingerprint density at radius 1 is 1.21 bits per heavy atom. The zero-order valence-corrected chi connectivity index (χ0v) is 18.7. The Bertz CT molecular complexity index is 905. The van der Waals surface area contributed by atoms with Crippen LogP contribution in [0.25, 0.3) is 10.6 Å². The average Bonchev–Trinajstić information content (AvgIpc) is 3.27. The number of aryl methyl sites for hydroxylation is 2. The molecular weight excluding hydrogens is 402 g/mol. The number of thiazole rings is 1. The van der Waals surface area contributed by atoms with E-state index in [1.165, 1.54) is 5.56 Å². The Labute approximate surface area is 180 Å². The number of hydrogen-bond donors (Lipinski definition) is 1. The van der Waals surface area contributed by atoms with E-state index in [0.717, 1.165) is 40.4 Å². The van der Waals surface area contributed by atoms with Crippen LogP contribution in [0.15, 0.2) is 24.3 Å². The molecule has 1 N–H and O–H groups in total. The van der Waals surface area contributed by atoms with Crippen molar-refractivity contribution >= 4 is 34.9 Å². The number of thioether (sulfide) groups is 1. The summed E-state index contributed by atoms with van der Waals surface area (Å²) in [6.07, 6.45) is 3.05. The number of rotatable bonds is 5. The molecule has 2 amide bonds. The van der Waals surface area contributed by atoms with Crippen LogP contribution in [0.5, 0.6) is 0 Å². The maximum atomic E-state index is 13.0. The Balaban J connectivity index is 1.44. The molecule has 5 nitrogen and oxygen atoms in total. The highest BCUT2D eigenvalue weighted by Gasteiger charge is 2.39. The summed E-state index contributed by atoms with van der Waals surface area (Å²) in [7, 11) is 0. The first-order chi connectivity index (χ1) is 13.9. The summed E-state index contributed by atoms with van der Waals surface area (Å²) in [4.78, 5) is 33.2. The van der Waals surface area contributed by atoms with Crippen molar-refractivity contribution in [3.63, 3.8) is 0 Å². The van der Waals surface area contributed by atoms with Gasteiger partial charge in [0.2, 0.25) is 11.8 Å². The molecule has 2 unspecified atom stereocenters. The highest BCUT2D eigenvalue weighted by molar-refractivity contribution is 7.99. The van der Waals surface area contributed by atoms with Gasteiger partial charge in [-0.1, -0.05) is 36.2 Å². The molecule has 1 aliphatic heterocycles. The summed E-state index contributed by atoms with van der Waals surface area (Å²) < 4.78 is 0. The summed E-state index contributed by atoms with van der Waals surface area (Å²) in [5.41, 5.74) is 3.26. The van der Waals surface area contributed by atoms with Crippen LogP contribution in [-0.2, 0) is 9.59 Å². The van der Waals surface area contributed by atoms with E-state index in [1.54, 1.807) is 28.0 Å². The van der Waals surface area contributed by atoms with Crippen molar-refractivity contribution in [2.24, 2.45) is 5.92 Å². The van der Waals surface area contributed by atoms with Crippen LogP contribution >= 0.6 is 23.1 Å². The Kier molecular flexibility index (Phi) is 5.97. The first kappa shape index (κ1) is 20.4. The van der Waals surface area contributed by atoms with Crippen LogP contribution in [0.4, 0.5) is 0 Å². The standard InChI is InChI=1S/C22H27N3O2S2/c1-13-7-9-16(10-8-13)21-24-15(3)19(29-21)14(2)23-20(26)18-11-28-12-25(18)22(27)17-5-4-6-17/h7-10,14,17-18H,4-6,11-12H2,1-3H3,(H,23,26). The molecule has 2 aromatic rings. The second-order valence-electron chi connectivity index (χ2n) is 8.02. The van der Waals surface area contributed by atoms with Crippen molar-refractivity contribution in [2.45, 2.75) is 52.1 Å². The number of benzene rings is 1. The molecule has 1 aliphatic carbocycles. The van der Waals surface area contributed by atoms with Gasteiger partial charge in [0.1, 0.15) is 11.0 Å². The third-order valence-corrected chi connectivity index (χ3v) is 8.21. The molecule has 0 radical (unpaired) electrons. The monoisotopic (exact) mass is 429 g/mol. The third kappa shape index (κ3) is 4.21. The van der Waals surface area contributed by atoms with Crippen molar-refractivity contribution in [1.82, 2.24) is 15.2 Å². The SMILES string of the molecule is Cc1ccc(-c2nc(C)c(C(C)NC(=O)C3CSCN3C(=O)C3CCC3)s2)cc1. The van der Waals surface area contributed by atoms with E-state index in [1.807, 2.05) is 13.8 Å². The Hall–Kier alpha value is -1.86. The van der Waals surface area contributed by atoms with Gasteiger partial charge in [0.25, 0.3) is 0 Å². The number of carbonyl (C=O) groups excluding carboxylic acids is 2. The highest BCUT2D eigenvalue weighted by Crippen LogP contribution is 2.34. The first-order valence-corrected chi connectivity index (χ1v) is 12.1. The zero-order valence-electron chi connectivity index (χ0n) is 17.1. The lowest BCUT2D eigenvalue weighted by atomic mass is 9.84. The van der Waals surface area contributed by atoms with Crippen molar-refractivity contribution in [1.29, 1.82) is 0 Å². The van der Waals surface area contributed by atoms with Crippen LogP contribution in [-0.4, -0.2) is 39.4 Å². The minimum atomic E-state index is -0.361. The number of hydrogen-bond acceptors (Lipinski definition) is 5. The molecule has 0 spiro atoms. The molecule has 4 rings (SSSR count). The zero-order chi connectivity index (χ0) is 20.5. The maximum Gasteiger partial charge on any atom is 0.244 e. The van der Waals surface area contributed by atoms with Gasteiger partial charge >= 0.3 is 0 Å². The molecule has 29 heavy (non-hydrogen) atoms. The van der Waals surface area contributed by atoms with Crippen LogP contribution in [0, 0.1) is 19.8 Å². The van der Waals surface area contributed by atoms with E-state index in [4.69, 9.17) is 4.98 Å². The predicted molar refractivity (Wildman–Crippen MR) is 119 cm³/mol. The van der Waals surface area contributed by atoms with Crippen LogP contribution in [0.3, 0.4) is 0 Å². The molecule has 1 saturated carbocycles. The fourth-order valence-corrected chi connectivity index (χ4v) is 6.01. The highest BCUT2D eigenvalue weighted by atomic mass is 32.2. The van der Waals surface area contributed by atoms with E-state index in [9.17, 15) is 9.59 Å². The van der Waals surface area contributed by atoms with Crippen LogP contribution in [0.2, 0.25) is 0 Å². The van der Waals surface area contributed by atoms with Crippen molar-refractivity contribution in [2.75, 3.05) is 11.6 Å². The fourth-order valence-electron chi connectivity index (χ4n) is 3.77. The number of amides is 2. The normalized spacial score (nSPS) is 20.4. The van der Waals surface area contributed by atoms with Crippen LogP contribution in [0.1, 0.15) is 48.4 Å². The van der Waals surface area contributed by atoms with Gasteiger partial charge in [-0.05, 0) is 33.6 Å². The summed E-state index contributed by atoms with van der Waals surface area (Å²) in [6, 6.07) is 7.84. The van der Waals surface area contributed by atoms with Gasteiger partial charge in [0, 0.05) is 17.2 Å². The molecule has 2 heterocycles. The first-order valence-electron chi connectivity index (χ1n) is 10.2. The lowest BCUT2D eigenvalue weighted by Crippen LogP contribution is -2.50. The molecule has 154 valence electrons. The van der Waals surface area contributed by atoms with Gasteiger partial charge in [-0.2, -0.15) is 0 Å². The molecular formula is C22H27N3O2S2. The number of nitrogens with one attached hydrogen (secondary N) is 1. The second kappa shape index (κ2) is 8.48.